The maximum absolute atomic E-state index is 13.2. The number of nitrogens with one attached hydrogen (secondary N) is 1. The molecule has 0 unspecified atom stereocenters. The molecular formula is C13H12F2N2O2S. The number of halogens is 2. The molecule has 106 valence electrons. The predicted molar refractivity (Wildman–Crippen MR) is 70.9 cm³/mol. The second-order valence-electron chi connectivity index (χ2n) is 4.34. The van der Waals surface area contributed by atoms with Gasteiger partial charge in [-0.1, -0.05) is 0 Å². The summed E-state index contributed by atoms with van der Waals surface area (Å²) >= 11 is 0. The Bertz CT molecular complexity index is 720. The van der Waals surface area contributed by atoms with Crippen molar-refractivity contribution in [3.63, 3.8) is 0 Å². The molecule has 1 N–H and O–H groups in total. The topological polar surface area (TPSA) is 59.1 Å². The van der Waals surface area contributed by atoms with Gasteiger partial charge in [0.1, 0.15) is 17.5 Å². The maximum Gasteiger partial charge on any atom is 0.263 e. The average Bonchev–Trinajstić information content (AvgIpc) is 2.30. The minimum atomic E-state index is -3.91. The van der Waals surface area contributed by atoms with Gasteiger partial charge in [-0.25, -0.2) is 22.2 Å². The van der Waals surface area contributed by atoms with Crippen LogP contribution >= 0.6 is 0 Å². The highest BCUT2D eigenvalue weighted by molar-refractivity contribution is 7.92. The Kier molecular flexibility index (Phi) is 3.71. The molecule has 20 heavy (non-hydrogen) atoms. The van der Waals surface area contributed by atoms with Gasteiger partial charge in [0.05, 0.1) is 11.1 Å². The van der Waals surface area contributed by atoms with E-state index >= 15 is 0 Å². The van der Waals surface area contributed by atoms with Crippen molar-refractivity contribution in [2.75, 3.05) is 4.72 Å². The molecule has 4 nitrogen and oxygen atoms in total. The SMILES string of the molecule is Cc1cc(F)cc(C)c1S(=O)(=O)Nc1ccc(F)cn1. The molecule has 0 aliphatic heterocycles. The van der Waals surface area contributed by atoms with Gasteiger partial charge in [0.25, 0.3) is 10.0 Å². The van der Waals surface area contributed by atoms with Crippen LogP contribution in [0.1, 0.15) is 11.1 Å². The van der Waals surface area contributed by atoms with Crippen LogP contribution < -0.4 is 4.72 Å². The van der Waals surface area contributed by atoms with Crippen LogP contribution in [-0.4, -0.2) is 13.4 Å². The van der Waals surface area contributed by atoms with Crippen molar-refractivity contribution in [1.82, 2.24) is 4.98 Å². The zero-order valence-corrected chi connectivity index (χ0v) is 11.6. The molecule has 0 radical (unpaired) electrons. The Labute approximate surface area is 115 Å². The van der Waals surface area contributed by atoms with Gasteiger partial charge in [-0.05, 0) is 49.2 Å². The number of rotatable bonds is 3. The lowest BCUT2D eigenvalue weighted by Crippen LogP contribution is -2.16. The lowest BCUT2D eigenvalue weighted by Gasteiger charge is -2.12. The Morgan fingerprint density at radius 3 is 2.15 bits per heavy atom. The summed E-state index contributed by atoms with van der Waals surface area (Å²) in [6.45, 7) is 3.01. The first-order chi connectivity index (χ1) is 9.29. The molecule has 0 fully saturated rings. The number of aromatic nitrogens is 1. The van der Waals surface area contributed by atoms with E-state index in [-0.39, 0.29) is 21.8 Å². The molecule has 0 atom stereocenters. The normalized spacial score (nSPS) is 11.4. The first-order valence-electron chi connectivity index (χ1n) is 5.71. The summed E-state index contributed by atoms with van der Waals surface area (Å²) in [7, 11) is -3.91. The molecule has 0 amide bonds. The Hall–Kier alpha value is -2.02. The molecule has 2 rings (SSSR count). The molecule has 0 bridgehead atoms. The summed E-state index contributed by atoms with van der Waals surface area (Å²) < 4.78 is 52.7. The summed E-state index contributed by atoms with van der Waals surface area (Å²) in [6, 6.07) is 4.58. The quantitative estimate of drug-likeness (QED) is 0.948. The molecule has 0 aliphatic carbocycles. The van der Waals surface area contributed by atoms with Crippen LogP contribution in [0.5, 0.6) is 0 Å². The maximum atomic E-state index is 13.2. The van der Waals surface area contributed by atoms with Crippen LogP contribution in [0.4, 0.5) is 14.6 Å². The van der Waals surface area contributed by atoms with Crippen LogP contribution in [0, 0.1) is 25.5 Å². The summed E-state index contributed by atoms with van der Waals surface area (Å²) in [4.78, 5) is 3.62. The van der Waals surface area contributed by atoms with E-state index in [0.717, 1.165) is 24.4 Å². The third-order valence-electron chi connectivity index (χ3n) is 2.66. The van der Waals surface area contributed by atoms with Gasteiger partial charge in [-0.15, -0.1) is 0 Å². The van der Waals surface area contributed by atoms with Gasteiger partial charge >= 0.3 is 0 Å². The number of anilines is 1. The van der Waals surface area contributed by atoms with Gasteiger partial charge in [0, 0.05) is 0 Å². The first kappa shape index (κ1) is 14.4. The standard InChI is InChI=1S/C13H12F2N2O2S/c1-8-5-11(15)6-9(2)13(8)20(18,19)17-12-4-3-10(14)7-16-12/h3-7H,1-2H3,(H,16,17). The molecule has 0 saturated heterocycles. The number of pyridine rings is 1. The summed E-state index contributed by atoms with van der Waals surface area (Å²) in [5.74, 6) is -1.07. The van der Waals surface area contributed by atoms with E-state index in [0.29, 0.717) is 0 Å². The third-order valence-corrected chi connectivity index (χ3v) is 4.32. The van der Waals surface area contributed by atoms with E-state index in [1.54, 1.807) is 0 Å². The van der Waals surface area contributed by atoms with Crippen molar-refractivity contribution in [2.45, 2.75) is 18.7 Å². The van der Waals surface area contributed by atoms with Gasteiger partial charge in [-0.3, -0.25) is 4.72 Å². The second kappa shape index (κ2) is 5.16. The molecule has 0 saturated carbocycles. The van der Waals surface area contributed by atoms with Gasteiger partial charge in [0.2, 0.25) is 0 Å². The molecule has 0 spiro atoms. The number of nitrogens with zero attached hydrogens (tertiary/aromatic N) is 1. The van der Waals surface area contributed by atoms with Crippen LogP contribution in [0.15, 0.2) is 35.4 Å². The average molecular weight is 298 g/mol. The zero-order chi connectivity index (χ0) is 14.9. The van der Waals surface area contributed by atoms with Crippen molar-refractivity contribution in [3.05, 3.63) is 53.2 Å². The number of sulfonamides is 1. The highest BCUT2D eigenvalue weighted by atomic mass is 32.2. The van der Waals surface area contributed by atoms with Gasteiger partial charge in [-0.2, -0.15) is 0 Å². The lowest BCUT2D eigenvalue weighted by atomic mass is 10.1. The molecule has 1 aromatic heterocycles. The van der Waals surface area contributed by atoms with Crippen molar-refractivity contribution in [1.29, 1.82) is 0 Å². The number of hydrogen-bond acceptors (Lipinski definition) is 3. The Morgan fingerprint density at radius 1 is 1.05 bits per heavy atom. The molecule has 7 heteroatoms. The molecule has 2 aromatic rings. The minimum absolute atomic E-state index is 0.00507. The smallest absolute Gasteiger partial charge is 0.263 e. The fourth-order valence-corrected chi connectivity index (χ4v) is 3.41. The number of aryl methyl sites for hydroxylation is 2. The van der Waals surface area contributed by atoms with E-state index in [4.69, 9.17) is 0 Å². The highest BCUT2D eigenvalue weighted by Gasteiger charge is 2.21. The van der Waals surface area contributed by atoms with E-state index in [1.807, 2.05) is 0 Å². The van der Waals surface area contributed by atoms with Crippen LogP contribution in [0.3, 0.4) is 0 Å². The second-order valence-corrected chi connectivity index (χ2v) is 5.96. The predicted octanol–water partition coefficient (Wildman–Crippen LogP) is 2.78. The lowest BCUT2D eigenvalue weighted by molar-refractivity contribution is 0.596. The Morgan fingerprint density at radius 2 is 1.65 bits per heavy atom. The van der Waals surface area contributed by atoms with Crippen molar-refractivity contribution in [2.24, 2.45) is 0 Å². The third kappa shape index (κ3) is 2.93. The number of benzene rings is 1. The van der Waals surface area contributed by atoms with Crippen molar-refractivity contribution in [3.8, 4) is 0 Å². The van der Waals surface area contributed by atoms with Crippen molar-refractivity contribution < 1.29 is 17.2 Å². The molecular weight excluding hydrogens is 286 g/mol. The van der Waals surface area contributed by atoms with Crippen LogP contribution in [-0.2, 0) is 10.0 Å². The largest absolute Gasteiger partial charge is 0.263 e. The van der Waals surface area contributed by atoms with E-state index in [1.165, 1.54) is 19.9 Å². The Balaban J connectivity index is 2.43. The fraction of sp³-hybridized carbons (Fsp3) is 0.154. The van der Waals surface area contributed by atoms with Crippen LogP contribution in [0.2, 0.25) is 0 Å². The van der Waals surface area contributed by atoms with Crippen LogP contribution in [0.25, 0.3) is 0 Å². The van der Waals surface area contributed by atoms with E-state index < -0.39 is 21.7 Å². The first-order valence-corrected chi connectivity index (χ1v) is 7.19. The summed E-state index contributed by atoms with van der Waals surface area (Å²) in [6.07, 6.45) is 0.905. The minimum Gasteiger partial charge on any atom is -0.263 e. The number of hydrogen-bond donors (Lipinski definition) is 1. The monoisotopic (exact) mass is 298 g/mol. The molecule has 0 aliphatic rings. The fourth-order valence-electron chi connectivity index (χ4n) is 1.95. The zero-order valence-electron chi connectivity index (χ0n) is 10.8. The molecule has 1 aromatic carbocycles. The van der Waals surface area contributed by atoms with E-state index in [9.17, 15) is 17.2 Å². The van der Waals surface area contributed by atoms with Gasteiger partial charge < -0.3 is 0 Å². The van der Waals surface area contributed by atoms with Crippen molar-refractivity contribution >= 4 is 15.8 Å². The van der Waals surface area contributed by atoms with Gasteiger partial charge in [0.15, 0.2) is 0 Å². The summed E-state index contributed by atoms with van der Waals surface area (Å²) in [5.41, 5.74) is 0.578. The summed E-state index contributed by atoms with van der Waals surface area (Å²) in [5, 5.41) is 0. The van der Waals surface area contributed by atoms with E-state index in [2.05, 4.69) is 9.71 Å². The molecule has 1 heterocycles. The highest BCUT2D eigenvalue weighted by Crippen LogP contribution is 2.23.